The number of fused-ring (bicyclic) bond motifs is 1. The summed E-state index contributed by atoms with van der Waals surface area (Å²) >= 11 is 6.28. The average Bonchev–Trinajstić information content (AvgIpc) is 3.17. The number of hydrogen-bond acceptors (Lipinski definition) is 5. The molecule has 33 heavy (non-hydrogen) atoms. The van der Waals surface area contributed by atoms with E-state index in [1.54, 1.807) is 17.7 Å². The molecule has 176 valence electrons. The van der Waals surface area contributed by atoms with Crippen molar-refractivity contribution in [3.8, 4) is 0 Å². The van der Waals surface area contributed by atoms with Gasteiger partial charge in [0.1, 0.15) is 5.82 Å². The zero-order chi connectivity index (χ0) is 23.9. The number of nitrogens with zero attached hydrogens (tertiary/aromatic N) is 5. The van der Waals surface area contributed by atoms with Crippen molar-refractivity contribution in [3.05, 3.63) is 55.4 Å². The lowest BCUT2D eigenvalue weighted by atomic mass is 9.97. The fraction of sp³-hybridized carbons (Fsp3) is 0.455. The largest absolute Gasteiger partial charge is 0.356 e. The van der Waals surface area contributed by atoms with Crippen LogP contribution in [0, 0.1) is 11.7 Å². The number of aryl methyl sites for hydroxylation is 1. The molecule has 1 atom stereocenters. The zero-order valence-electron chi connectivity index (χ0n) is 18.8. The Bertz CT molecular complexity index is 1340. The maximum atomic E-state index is 13.6. The van der Waals surface area contributed by atoms with E-state index in [0.29, 0.717) is 31.1 Å². The summed E-state index contributed by atoms with van der Waals surface area (Å²) < 4.78 is 17.7. The van der Waals surface area contributed by atoms with Crippen molar-refractivity contribution in [3.63, 3.8) is 0 Å². The van der Waals surface area contributed by atoms with E-state index in [1.807, 2.05) is 11.8 Å². The second-order valence-corrected chi connectivity index (χ2v) is 8.70. The maximum Gasteiger partial charge on any atom is 0.332 e. The third-order valence-electron chi connectivity index (χ3n) is 6.10. The molecule has 1 N–H and O–H groups in total. The van der Waals surface area contributed by atoms with Gasteiger partial charge < -0.3 is 10.2 Å². The zero-order valence-corrected chi connectivity index (χ0v) is 19.5. The minimum atomic E-state index is -0.484. The van der Waals surface area contributed by atoms with Crippen molar-refractivity contribution >= 4 is 34.6 Å². The Labute approximate surface area is 194 Å². The first-order valence-corrected chi connectivity index (χ1v) is 11.2. The third kappa shape index (κ3) is 4.15. The number of carbonyl (C=O) groups is 1. The lowest BCUT2D eigenvalue weighted by Crippen LogP contribution is -2.44. The van der Waals surface area contributed by atoms with Crippen LogP contribution in [0.3, 0.4) is 0 Å². The van der Waals surface area contributed by atoms with Gasteiger partial charge in [-0.1, -0.05) is 17.7 Å². The Morgan fingerprint density at radius 3 is 2.73 bits per heavy atom. The maximum absolute atomic E-state index is 13.6. The van der Waals surface area contributed by atoms with Gasteiger partial charge in [-0.05, 0) is 37.5 Å². The first-order chi connectivity index (χ1) is 15.7. The molecule has 3 aromatic rings. The first-order valence-electron chi connectivity index (χ1n) is 10.9. The monoisotopic (exact) mass is 476 g/mol. The molecule has 1 unspecified atom stereocenters. The van der Waals surface area contributed by atoms with Gasteiger partial charge in [-0.25, -0.2) is 9.18 Å². The number of hydrogen-bond donors (Lipinski definition) is 1. The highest BCUT2D eigenvalue weighted by molar-refractivity contribution is 6.31. The van der Waals surface area contributed by atoms with Gasteiger partial charge in [0.05, 0.1) is 12.5 Å². The second-order valence-electron chi connectivity index (χ2n) is 8.29. The van der Waals surface area contributed by atoms with Crippen molar-refractivity contribution in [1.82, 2.24) is 24.0 Å². The molecular weight excluding hydrogens is 451 g/mol. The van der Waals surface area contributed by atoms with Gasteiger partial charge >= 0.3 is 5.69 Å². The molecule has 0 aliphatic carbocycles. The number of aromatic nitrogens is 4. The van der Waals surface area contributed by atoms with Crippen LogP contribution < -0.4 is 21.5 Å². The van der Waals surface area contributed by atoms with E-state index < -0.39 is 17.1 Å². The van der Waals surface area contributed by atoms with Gasteiger partial charge in [-0.15, -0.1) is 0 Å². The quantitative estimate of drug-likeness (QED) is 0.604. The summed E-state index contributed by atoms with van der Waals surface area (Å²) in [6.07, 6.45) is 1.53. The number of piperidine rings is 1. The highest BCUT2D eigenvalue weighted by Gasteiger charge is 2.30. The van der Waals surface area contributed by atoms with Crippen LogP contribution in [0.2, 0.25) is 5.02 Å². The SMILES string of the molecule is CCNC(=O)C1CCCN(c2nc3c(c(=O)n(C)c(=O)n3C)n2Cc2ccc(F)cc2Cl)C1. The van der Waals surface area contributed by atoms with Crippen LogP contribution in [0.15, 0.2) is 27.8 Å². The molecule has 1 saturated heterocycles. The lowest BCUT2D eigenvalue weighted by molar-refractivity contribution is -0.125. The van der Waals surface area contributed by atoms with Crippen molar-refractivity contribution in [2.75, 3.05) is 24.5 Å². The van der Waals surface area contributed by atoms with Crippen molar-refractivity contribution in [2.45, 2.75) is 26.3 Å². The third-order valence-corrected chi connectivity index (χ3v) is 6.45. The highest BCUT2D eigenvalue weighted by atomic mass is 35.5. The molecule has 3 heterocycles. The van der Waals surface area contributed by atoms with Crippen LogP contribution in [-0.2, 0) is 25.4 Å². The molecule has 2 aromatic heterocycles. The number of carbonyl (C=O) groups excluding carboxylic acids is 1. The van der Waals surface area contributed by atoms with Crippen molar-refractivity contribution < 1.29 is 9.18 Å². The Morgan fingerprint density at radius 1 is 1.27 bits per heavy atom. The summed E-state index contributed by atoms with van der Waals surface area (Å²) in [6, 6.07) is 4.09. The molecular formula is C22H26ClFN6O3. The minimum absolute atomic E-state index is 0.0187. The molecule has 0 bridgehead atoms. The predicted octanol–water partition coefficient (Wildman–Crippen LogP) is 1.63. The number of benzene rings is 1. The van der Waals surface area contributed by atoms with Crippen LogP contribution >= 0.6 is 11.6 Å². The molecule has 1 fully saturated rings. The number of amides is 1. The molecule has 1 aliphatic heterocycles. The van der Waals surface area contributed by atoms with Crippen molar-refractivity contribution in [1.29, 1.82) is 0 Å². The smallest absolute Gasteiger partial charge is 0.332 e. The van der Waals surface area contributed by atoms with Crippen LogP contribution in [0.4, 0.5) is 10.3 Å². The molecule has 1 aliphatic rings. The lowest BCUT2D eigenvalue weighted by Gasteiger charge is -2.33. The average molecular weight is 477 g/mol. The Hall–Kier alpha value is -3.14. The summed E-state index contributed by atoms with van der Waals surface area (Å²) in [5.74, 6) is -0.223. The van der Waals surface area contributed by atoms with Gasteiger partial charge in [-0.2, -0.15) is 4.98 Å². The fourth-order valence-electron chi connectivity index (χ4n) is 4.34. The summed E-state index contributed by atoms with van der Waals surface area (Å²) in [5, 5.41) is 3.09. The number of anilines is 1. The first kappa shape index (κ1) is 23.0. The number of imidazole rings is 1. The molecule has 0 saturated carbocycles. The molecule has 9 nitrogen and oxygen atoms in total. The van der Waals surface area contributed by atoms with Gasteiger partial charge in [0, 0.05) is 38.8 Å². The number of nitrogens with one attached hydrogen (secondary N) is 1. The number of rotatable bonds is 5. The van der Waals surface area contributed by atoms with Crippen LogP contribution in [0.5, 0.6) is 0 Å². The van der Waals surface area contributed by atoms with E-state index in [9.17, 15) is 18.8 Å². The Kier molecular flexibility index (Phi) is 6.29. The van der Waals surface area contributed by atoms with E-state index in [1.165, 1.54) is 23.7 Å². The Balaban J connectivity index is 1.88. The standard InChI is InChI=1S/C22H26ClFN6O3/c1-4-25-19(31)14-6-5-9-29(11-14)21-26-18-17(20(32)28(3)22(33)27(18)2)30(21)12-13-7-8-15(24)10-16(13)23/h7-8,10,14H,4-6,9,11-12H2,1-3H3,(H,25,31). The molecule has 1 aromatic carbocycles. The predicted molar refractivity (Wildman–Crippen MR) is 124 cm³/mol. The van der Waals surface area contributed by atoms with Crippen molar-refractivity contribution in [2.24, 2.45) is 20.0 Å². The van der Waals surface area contributed by atoms with E-state index in [4.69, 9.17) is 11.6 Å². The highest BCUT2D eigenvalue weighted by Crippen LogP contribution is 2.28. The summed E-state index contributed by atoms with van der Waals surface area (Å²) in [7, 11) is 2.97. The topological polar surface area (TPSA) is 94.2 Å². The van der Waals surface area contributed by atoms with Crippen LogP contribution in [-0.4, -0.2) is 44.2 Å². The summed E-state index contributed by atoms with van der Waals surface area (Å²) in [4.78, 5) is 44.7. The van der Waals surface area contributed by atoms with Gasteiger partial charge in [0.25, 0.3) is 5.56 Å². The molecule has 0 spiro atoms. The van der Waals surface area contributed by atoms with Crippen LogP contribution in [0.25, 0.3) is 11.2 Å². The van der Waals surface area contributed by atoms with Gasteiger partial charge in [0.15, 0.2) is 11.2 Å². The summed E-state index contributed by atoms with van der Waals surface area (Å²) in [6.45, 7) is 3.65. The van der Waals surface area contributed by atoms with E-state index in [0.717, 1.165) is 17.4 Å². The minimum Gasteiger partial charge on any atom is -0.356 e. The van der Waals surface area contributed by atoms with Gasteiger partial charge in [-0.3, -0.25) is 23.3 Å². The summed E-state index contributed by atoms with van der Waals surface area (Å²) in [5.41, 5.74) is 0.128. The normalized spacial score (nSPS) is 16.4. The van der Waals surface area contributed by atoms with Crippen LogP contribution in [0.1, 0.15) is 25.3 Å². The molecule has 11 heteroatoms. The van der Waals surface area contributed by atoms with E-state index >= 15 is 0 Å². The fourth-order valence-corrected chi connectivity index (χ4v) is 4.56. The van der Waals surface area contributed by atoms with E-state index in [-0.39, 0.29) is 34.6 Å². The molecule has 4 rings (SSSR count). The van der Waals surface area contributed by atoms with E-state index in [2.05, 4.69) is 10.3 Å². The second kappa shape index (κ2) is 9.01. The number of halogens is 2. The molecule has 1 amide bonds. The Morgan fingerprint density at radius 2 is 2.03 bits per heavy atom. The molecule has 0 radical (unpaired) electrons. The van der Waals surface area contributed by atoms with Gasteiger partial charge in [0.2, 0.25) is 11.9 Å².